The minimum atomic E-state index is -0.921. The Morgan fingerprint density at radius 2 is 1.45 bits per heavy atom. The molecule has 0 spiro atoms. The molecule has 2 nitrogen and oxygen atoms in total. The molecule has 174 valence electrons. The molecular weight excluding hydrogens is 425 g/mol. The van der Waals surface area contributed by atoms with Crippen LogP contribution in [-0.4, -0.2) is 7.11 Å². The van der Waals surface area contributed by atoms with E-state index in [1.54, 1.807) is 18.2 Å². The van der Waals surface area contributed by atoms with E-state index in [9.17, 15) is 13.2 Å². The lowest BCUT2D eigenvalue weighted by Crippen LogP contribution is -2.14. The van der Waals surface area contributed by atoms with E-state index in [1.807, 2.05) is 24.3 Å². The summed E-state index contributed by atoms with van der Waals surface area (Å²) in [7, 11) is 1.42. The molecule has 1 aliphatic carbocycles. The average Bonchev–Trinajstić information content (AvgIpc) is 2.85. The Morgan fingerprint density at radius 1 is 0.788 bits per heavy atom. The molecule has 1 fully saturated rings. The number of ether oxygens (including phenoxy) is 2. The Kier molecular flexibility index (Phi) is 7.26. The number of hydrogen-bond acceptors (Lipinski definition) is 2. The van der Waals surface area contributed by atoms with Crippen molar-refractivity contribution in [1.29, 1.82) is 0 Å². The number of rotatable bonds is 7. The van der Waals surface area contributed by atoms with Crippen molar-refractivity contribution in [2.45, 2.75) is 51.6 Å². The second-order valence-electron chi connectivity index (χ2n) is 8.74. The van der Waals surface area contributed by atoms with Crippen molar-refractivity contribution in [3.05, 3.63) is 83.2 Å². The first-order chi connectivity index (χ1) is 16.0. The van der Waals surface area contributed by atoms with Gasteiger partial charge in [0.05, 0.1) is 7.11 Å². The summed E-state index contributed by atoms with van der Waals surface area (Å²) in [6, 6.07) is 15.3. The third kappa shape index (κ3) is 5.18. The van der Waals surface area contributed by atoms with Crippen molar-refractivity contribution in [2.75, 3.05) is 7.11 Å². The molecule has 0 radical (unpaired) electrons. The van der Waals surface area contributed by atoms with Crippen molar-refractivity contribution < 1.29 is 22.6 Å². The first-order valence-electron chi connectivity index (χ1n) is 11.5. The molecule has 0 atom stereocenters. The minimum absolute atomic E-state index is 0.0756. The predicted molar refractivity (Wildman–Crippen MR) is 124 cm³/mol. The predicted octanol–water partition coefficient (Wildman–Crippen LogP) is 8.04. The topological polar surface area (TPSA) is 18.5 Å². The summed E-state index contributed by atoms with van der Waals surface area (Å²) in [6.07, 6.45) is 5.09. The van der Waals surface area contributed by atoms with Crippen molar-refractivity contribution in [3.63, 3.8) is 0 Å². The van der Waals surface area contributed by atoms with Crippen LogP contribution in [-0.2, 0) is 6.61 Å². The fourth-order valence-corrected chi connectivity index (χ4v) is 4.66. The van der Waals surface area contributed by atoms with E-state index < -0.39 is 17.5 Å². The first kappa shape index (κ1) is 23.2. The lowest BCUT2D eigenvalue weighted by atomic mass is 9.77. The summed E-state index contributed by atoms with van der Waals surface area (Å²) in [6.45, 7) is 2.29. The van der Waals surface area contributed by atoms with E-state index in [1.165, 1.54) is 19.2 Å². The normalized spacial score (nSPS) is 18.2. The molecule has 0 heterocycles. The third-order valence-corrected chi connectivity index (χ3v) is 6.77. The maximum atomic E-state index is 14.8. The van der Waals surface area contributed by atoms with Crippen LogP contribution >= 0.6 is 0 Å². The van der Waals surface area contributed by atoms with E-state index in [0.29, 0.717) is 11.5 Å². The van der Waals surface area contributed by atoms with Gasteiger partial charge in [-0.3, -0.25) is 0 Å². The molecule has 3 aromatic rings. The molecule has 0 bridgehead atoms. The zero-order valence-corrected chi connectivity index (χ0v) is 19.0. The first-order valence-corrected chi connectivity index (χ1v) is 11.5. The summed E-state index contributed by atoms with van der Waals surface area (Å²) in [5, 5.41) is 0. The van der Waals surface area contributed by atoms with Gasteiger partial charge in [-0.25, -0.2) is 8.78 Å². The van der Waals surface area contributed by atoms with Crippen LogP contribution in [0.25, 0.3) is 11.1 Å². The quantitative estimate of drug-likeness (QED) is 0.360. The molecule has 0 saturated heterocycles. The Labute approximate surface area is 193 Å². The third-order valence-electron chi connectivity index (χ3n) is 6.77. The summed E-state index contributed by atoms with van der Waals surface area (Å²) in [4.78, 5) is 0. The maximum absolute atomic E-state index is 14.8. The fourth-order valence-electron chi connectivity index (χ4n) is 4.66. The monoisotopic (exact) mass is 454 g/mol. The second-order valence-corrected chi connectivity index (χ2v) is 8.74. The van der Waals surface area contributed by atoms with Gasteiger partial charge in [-0.1, -0.05) is 49.7 Å². The van der Waals surface area contributed by atoms with Crippen molar-refractivity contribution in [2.24, 2.45) is 5.92 Å². The standard InChI is InChI=1S/C28H29F3O2/c1-3-18-4-10-21(11-5-18)23-13-15-26(28(31)27(23)30)33-17-19-6-8-20(9-7-19)22-12-14-25(32-2)24(29)16-22/h6-9,12-16,18,21H,3-5,10-11,17H2,1-2H3. The highest BCUT2D eigenvalue weighted by Crippen LogP contribution is 2.39. The summed E-state index contributed by atoms with van der Waals surface area (Å²) in [5.74, 6) is -1.25. The lowest BCUT2D eigenvalue weighted by Gasteiger charge is -2.28. The number of hydrogen-bond donors (Lipinski definition) is 0. The largest absolute Gasteiger partial charge is 0.494 e. The van der Waals surface area contributed by atoms with Gasteiger partial charge >= 0.3 is 0 Å². The SMILES string of the molecule is CCC1CCC(c2ccc(OCc3ccc(-c4ccc(OC)c(F)c4)cc3)c(F)c2F)CC1. The summed E-state index contributed by atoms with van der Waals surface area (Å²) in [5.41, 5.74) is 2.82. The maximum Gasteiger partial charge on any atom is 0.200 e. The molecule has 5 heteroatoms. The van der Waals surface area contributed by atoms with Gasteiger partial charge in [-0.2, -0.15) is 4.39 Å². The number of benzene rings is 3. The van der Waals surface area contributed by atoms with Gasteiger partial charge < -0.3 is 9.47 Å². The molecule has 0 aliphatic heterocycles. The van der Waals surface area contributed by atoms with Crippen molar-refractivity contribution in [1.82, 2.24) is 0 Å². The Hall–Kier alpha value is -2.95. The zero-order chi connectivity index (χ0) is 23.4. The highest BCUT2D eigenvalue weighted by atomic mass is 19.2. The van der Waals surface area contributed by atoms with Crippen LogP contribution in [0.2, 0.25) is 0 Å². The van der Waals surface area contributed by atoms with Crippen LogP contribution in [0.1, 0.15) is 56.1 Å². The van der Waals surface area contributed by atoms with Crippen LogP contribution in [0, 0.1) is 23.4 Å². The molecule has 33 heavy (non-hydrogen) atoms. The molecule has 0 N–H and O–H groups in total. The highest BCUT2D eigenvalue weighted by molar-refractivity contribution is 5.64. The molecule has 4 rings (SSSR count). The molecule has 0 unspecified atom stereocenters. The van der Waals surface area contributed by atoms with Gasteiger partial charge in [0.25, 0.3) is 0 Å². The van der Waals surface area contributed by atoms with Crippen molar-refractivity contribution in [3.8, 4) is 22.6 Å². The molecule has 3 aromatic carbocycles. The van der Waals surface area contributed by atoms with Crippen LogP contribution in [0.3, 0.4) is 0 Å². The molecule has 0 aromatic heterocycles. The molecular formula is C28H29F3O2. The molecule has 0 amide bonds. The highest BCUT2D eigenvalue weighted by Gasteiger charge is 2.26. The minimum Gasteiger partial charge on any atom is -0.494 e. The zero-order valence-electron chi connectivity index (χ0n) is 19.0. The van der Waals surface area contributed by atoms with Gasteiger partial charge in [-0.15, -0.1) is 0 Å². The van der Waals surface area contributed by atoms with Crippen molar-refractivity contribution >= 4 is 0 Å². The Balaban J connectivity index is 1.41. The fraction of sp³-hybridized carbons (Fsp3) is 0.357. The van der Waals surface area contributed by atoms with Crippen LogP contribution in [0.4, 0.5) is 13.2 Å². The lowest BCUT2D eigenvalue weighted by molar-refractivity contribution is 0.280. The van der Waals surface area contributed by atoms with Gasteiger partial charge in [-0.05, 0) is 78.0 Å². The van der Waals surface area contributed by atoms with Crippen LogP contribution < -0.4 is 9.47 Å². The average molecular weight is 455 g/mol. The van der Waals surface area contributed by atoms with Gasteiger partial charge in [0.1, 0.15) is 6.61 Å². The van der Waals surface area contributed by atoms with E-state index in [0.717, 1.165) is 48.8 Å². The van der Waals surface area contributed by atoms with E-state index >= 15 is 0 Å². The van der Waals surface area contributed by atoms with E-state index in [4.69, 9.17) is 9.47 Å². The molecule has 1 aliphatic rings. The summed E-state index contributed by atoms with van der Waals surface area (Å²) < 4.78 is 54.0. The van der Waals surface area contributed by atoms with Gasteiger partial charge in [0, 0.05) is 0 Å². The Morgan fingerprint density at radius 3 is 2.09 bits per heavy atom. The summed E-state index contributed by atoms with van der Waals surface area (Å²) >= 11 is 0. The van der Waals surface area contributed by atoms with E-state index in [2.05, 4.69) is 6.92 Å². The van der Waals surface area contributed by atoms with E-state index in [-0.39, 0.29) is 24.0 Å². The van der Waals surface area contributed by atoms with Gasteiger partial charge in [0.15, 0.2) is 23.1 Å². The number of halogens is 3. The van der Waals surface area contributed by atoms with Crippen LogP contribution in [0.5, 0.6) is 11.5 Å². The number of methoxy groups -OCH3 is 1. The van der Waals surface area contributed by atoms with Crippen LogP contribution in [0.15, 0.2) is 54.6 Å². The second kappa shape index (κ2) is 10.3. The van der Waals surface area contributed by atoms with Gasteiger partial charge in [0.2, 0.25) is 5.82 Å². The smallest absolute Gasteiger partial charge is 0.200 e. The molecule has 1 saturated carbocycles. The Bertz CT molecular complexity index is 1090.